The summed E-state index contributed by atoms with van der Waals surface area (Å²) in [5.74, 6) is 0. The van der Waals surface area contributed by atoms with Crippen molar-refractivity contribution in [2.75, 3.05) is 18.4 Å². The van der Waals surface area contributed by atoms with Crippen molar-refractivity contribution in [1.29, 1.82) is 0 Å². The Labute approximate surface area is 97.9 Å². The van der Waals surface area contributed by atoms with Crippen molar-refractivity contribution in [1.82, 2.24) is 5.32 Å². The van der Waals surface area contributed by atoms with Crippen LogP contribution in [0.3, 0.4) is 0 Å². The fraction of sp³-hybridized carbons (Fsp3) is 0.400. The van der Waals surface area contributed by atoms with Crippen molar-refractivity contribution in [3.8, 4) is 0 Å². The van der Waals surface area contributed by atoms with Gasteiger partial charge in [-0.05, 0) is 25.1 Å². The molecule has 1 aliphatic heterocycles. The molecular formula is C10H12ClN3O2. The quantitative estimate of drug-likeness (QED) is 0.628. The van der Waals surface area contributed by atoms with E-state index in [0.29, 0.717) is 10.7 Å². The van der Waals surface area contributed by atoms with E-state index in [0.717, 1.165) is 19.5 Å². The van der Waals surface area contributed by atoms with Gasteiger partial charge in [0.15, 0.2) is 0 Å². The molecule has 0 aliphatic carbocycles. The molecule has 16 heavy (non-hydrogen) atoms. The molecule has 0 amide bonds. The third kappa shape index (κ3) is 2.43. The molecular weight excluding hydrogens is 230 g/mol. The molecule has 1 fully saturated rings. The van der Waals surface area contributed by atoms with Gasteiger partial charge >= 0.3 is 0 Å². The highest BCUT2D eigenvalue weighted by molar-refractivity contribution is 6.30. The molecule has 0 saturated carbocycles. The average Bonchev–Trinajstić information content (AvgIpc) is 2.73. The highest BCUT2D eigenvalue weighted by Crippen LogP contribution is 2.28. The number of benzene rings is 1. The van der Waals surface area contributed by atoms with Gasteiger partial charge in [0.25, 0.3) is 5.69 Å². The number of hydrogen-bond donors (Lipinski definition) is 2. The van der Waals surface area contributed by atoms with Gasteiger partial charge < -0.3 is 10.6 Å². The van der Waals surface area contributed by atoms with E-state index in [2.05, 4.69) is 10.6 Å². The van der Waals surface area contributed by atoms with Gasteiger partial charge in [0.05, 0.1) is 4.92 Å². The Morgan fingerprint density at radius 1 is 1.56 bits per heavy atom. The second-order valence-corrected chi connectivity index (χ2v) is 4.19. The first-order chi connectivity index (χ1) is 7.66. The predicted molar refractivity (Wildman–Crippen MR) is 63.0 cm³/mol. The molecule has 1 atom stereocenters. The second-order valence-electron chi connectivity index (χ2n) is 3.75. The molecule has 5 nitrogen and oxygen atoms in total. The van der Waals surface area contributed by atoms with Crippen LogP contribution in [0.25, 0.3) is 0 Å². The van der Waals surface area contributed by atoms with Crippen LogP contribution in [0.4, 0.5) is 11.4 Å². The minimum Gasteiger partial charge on any atom is -0.375 e. The predicted octanol–water partition coefficient (Wildman–Crippen LogP) is 2.02. The number of anilines is 1. The van der Waals surface area contributed by atoms with Crippen LogP contribution in [0.1, 0.15) is 6.42 Å². The number of nitrogens with zero attached hydrogens (tertiary/aromatic N) is 1. The summed E-state index contributed by atoms with van der Waals surface area (Å²) in [6, 6.07) is 4.92. The third-order valence-corrected chi connectivity index (χ3v) is 2.81. The lowest BCUT2D eigenvalue weighted by molar-refractivity contribution is -0.384. The fourth-order valence-corrected chi connectivity index (χ4v) is 1.94. The van der Waals surface area contributed by atoms with Gasteiger partial charge in [0.1, 0.15) is 5.69 Å². The molecule has 6 heteroatoms. The molecule has 2 N–H and O–H groups in total. The summed E-state index contributed by atoms with van der Waals surface area (Å²) in [7, 11) is 0. The minimum atomic E-state index is -0.420. The van der Waals surface area contributed by atoms with Crippen LogP contribution in [0.2, 0.25) is 5.02 Å². The first kappa shape index (κ1) is 11.2. The summed E-state index contributed by atoms with van der Waals surface area (Å²) in [5, 5.41) is 17.6. The van der Waals surface area contributed by atoms with Crippen LogP contribution in [0.15, 0.2) is 18.2 Å². The van der Waals surface area contributed by atoms with Crippen LogP contribution in [-0.2, 0) is 0 Å². The van der Waals surface area contributed by atoms with E-state index in [4.69, 9.17) is 11.6 Å². The lowest BCUT2D eigenvalue weighted by Gasteiger charge is -2.12. The Hall–Kier alpha value is -1.33. The molecule has 1 aliphatic rings. The topological polar surface area (TPSA) is 67.2 Å². The summed E-state index contributed by atoms with van der Waals surface area (Å²) in [4.78, 5) is 10.4. The minimum absolute atomic E-state index is 0.0272. The highest BCUT2D eigenvalue weighted by atomic mass is 35.5. The molecule has 2 rings (SSSR count). The van der Waals surface area contributed by atoms with Crippen molar-refractivity contribution in [2.24, 2.45) is 0 Å². The Morgan fingerprint density at radius 2 is 2.38 bits per heavy atom. The zero-order valence-corrected chi connectivity index (χ0v) is 9.33. The number of hydrogen-bond acceptors (Lipinski definition) is 4. The molecule has 1 aromatic rings. The summed E-state index contributed by atoms with van der Waals surface area (Å²) < 4.78 is 0. The van der Waals surface area contributed by atoms with Gasteiger partial charge in [0, 0.05) is 23.7 Å². The van der Waals surface area contributed by atoms with Gasteiger partial charge in [-0.15, -0.1) is 0 Å². The van der Waals surface area contributed by atoms with Gasteiger partial charge in [-0.2, -0.15) is 0 Å². The summed E-state index contributed by atoms with van der Waals surface area (Å²) >= 11 is 5.73. The van der Waals surface area contributed by atoms with Crippen LogP contribution in [-0.4, -0.2) is 24.1 Å². The largest absolute Gasteiger partial charge is 0.375 e. The standard InChI is InChI=1S/C10H12ClN3O2/c11-7-1-2-9(10(5-7)14(15)16)13-8-3-4-12-6-8/h1-2,5,8,12-13H,3-4,6H2. The molecule has 0 aromatic heterocycles. The number of nitrogens with one attached hydrogen (secondary N) is 2. The van der Waals surface area contributed by atoms with E-state index in [-0.39, 0.29) is 11.7 Å². The normalized spacial score (nSPS) is 19.7. The number of nitro benzene ring substituents is 1. The van der Waals surface area contributed by atoms with E-state index in [1.165, 1.54) is 6.07 Å². The lowest BCUT2D eigenvalue weighted by atomic mass is 10.2. The maximum Gasteiger partial charge on any atom is 0.293 e. The molecule has 1 unspecified atom stereocenters. The average molecular weight is 242 g/mol. The van der Waals surface area contributed by atoms with Crippen LogP contribution in [0, 0.1) is 10.1 Å². The summed E-state index contributed by atoms with van der Waals surface area (Å²) in [5.41, 5.74) is 0.558. The van der Waals surface area contributed by atoms with Crippen LogP contribution in [0.5, 0.6) is 0 Å². The fourth-order valence-electron chi connectivity index (χ4n) is 1.78. The number of rotatable bonds is 3. The molecule has 0 spiro atoms. The summed E-state index contributed by atoms with van der Waals surface area (Å²) in [6.45, 7) is 1.78. The monoisotopic (exact) mass is 241 g/mol. The van der Waals surface area contributed by atoms with Gasteiger partial charge in [0.2, 0.25) is 0 Å². The highest BCUT2D eigenvalue weighted by Gasteiger charge is 2.19. The SMILES string of the molecule is O=[N+]([O-])c1cc(Cl)ccc1NC1CCNC1. The van der Waals surface area contributed by atoms with Crippen molar-refractivity contribution in [3.05, 3.63) is 33.3 Å². The third-order valence-electron chi connectivity index (χ3n) is 2.58. The Kier molecular flexibility index (Phi) is 3.26. The molecule has 0 radical (unpaired) electrons. The number of halogens is 1. The van der Waals surface area contributed by atoms with E-state index in [1.807, 2.05) is 0 Å². The van der Waals surface area contributed by atoms with Crippen LogP contribution >= 0.6 is 11.6 Å². The zero-order chi connectivity index (χ0) is 11.5. The van der Waals surface area contributed by atoms with E-state index < -0.39 is 4.92 Å². The van der Waals surface area contributed by atoms with Gasteiger partial charge in [-0.25, -0.2) is 0 Å². The van der Waals surface area contributed by atoms with Gasteiger partial charge in [-0.1, -0.05) is 11.6 Å². The molecule has 0 bridgehead atoms. The molecule has 1 saturated heterocycles. The van der Waals surface area contributed by atoms with Crippen molar-refractivity contribution in [3.63, 3.8) is 0 Å². The van der Waals surface area contributed by atoms with Crippen molar-refractivity contribution < 1.29 is 4.92 Å². The molecule has 1 aromatic carbocycles. The van der Waals surface area contributed by atoms with Crippen molar-refractivity contribution in [2.45, 2.75) is 12.5 Å². The van der Waals surface area contributed by atoms with E-state index in [9.17, 15) is 10.1 Å². The smallest absolute Gasteiger partial charge is 0.293 e. The van der Waals surface area contributed by atoms with E-state index >= 15 is 0 Å². The number of nitro groups is 1. The van der Waals surface area contributed by atoms with Crippen LogP contribution < -0.4 is 10.6 Å². The first-order valence-electron chi connectivity index (χ1n) is 5.08. The zero-order valence-electron chi connectivity index (χ0n) is 8.57. The Balaban J connectivity index is 2.21. The van der Waals surface area contributed by atoms with E-state index in [1.54, 1.807) is 12.1 Å². The maximum atomic E-state index is 10.8. The lowest BCUT2D eigenvalue weighted by Crippen LogP contribution is -2.22. The van der Waals surface area contributed by atoms with Gasteiger partial charge in [-0.3, -0.25) is 10.1 Å². The molecule has 86 valence electrons. The Bertz CT molecular complexity index is 405. The second kappa shape index (κ2) is 4.67. The Morgan fingerprint density at radius 3 is 3.00 bits per heavy atom. The van der Waals surface area contributed by atoms with Crippen molar-refractivity contribution >= 4 is 23.0 Å². The maximum absolute atomic E-state index is 10.8. The molecule has 1 heterocycles. The summed E-state index contributed by atoms with van der Waals surface area (Å²) in [6.07, 6.45) is 0.972. The first-order valence-corrected chi connectivity index (χ1v) is 5.46.